The lowest BCUT2D eigenvalue weighted by atomic mass is 9.91. The van der Waals surface area contributed by atoms with Crippen molar-refractivity contribution in [2.75, 3.05) is 26.2 Å². The maximum atomic E-state index is 13.3. The summed E-state index contributed by atoms with van der Waals surface area (Å²) in [5, 5.41) is 2.36. The van der Waals surface area contributed by atoms with E-state index in [1.54, 1.807) is 6.20 Å². The SMILES string of the molecule is CC.CCn1c(C(=O)N2CCN(C3CCC3)CC2)cnc1-c1cccc2ccccc12. The number of carbonyl (C=O) groups is 1. The number of hydrogen-bond donors (Lipinski definition) is 0. The number of imidazole rings is 1. The van der Waals surface area contributed by atoms with Gasteiger partial charge in [-0.2, -0.15) is 0 Å². The Hall–Kier alpha value is -2.66. The number of fused-ring (bicyclic) bond motifs is 1. The molecule has 0 N–H and O–H groups in total. The Kier molecular flexibility index (Phi) is 6.71. The topological polar surface area (TPSA) is 41.4 Å². The van der Waals surface area contributed by atoms with Crippen molar-refractivity contribution in [1.29, 1.82) is 0 Å². The van der Waals surface area contributed by atoms with Crippen LogP contribution in [0.5, 0.6) is 0 Å². The van der Waals surface area contributed by atoms with Crippen LogP contribution in [0.2, 0.25) is 0 Å². The van der Waals surface area contributed by atoms with Crippen molar-refractivity contribution in [3.63, 3.8) is 0 Å². The molecule has 2 aliphatic rings. The lowest BCUT2D eigenvalue weighted by Gasteiger charge is -2.42. The van der Waals surface area contributed by atoms with Crippen LogP contribution in [0.1, 0.15) is 50.5 Å². The molecular formula is C26H34N4O. The lowest BCUT2D eigenvalue weighted by molar-refractivity contribution is 0.0448. The maximum Gasteiger partial charge on any atom is 0.272 e. The van der Waals surface area contributed by atoms with Gasteiger partial charge in [0.25, 0.3) is 5.91 Å². The Morgan fingerprint density at radius 2 is 1.71 bits per heavy atom. The Morgan fingerprint density at radius 1 is 1.00 bits per heavy atom. The van der Waals surface area contributed by atoms with Gasteiger partial charge >= 0.3 is 0 Å². The zero-order chi connectivity index (χ0) is 21.8. The van der Waals surface area contributed by atoms with Crippen LogP contribution < -0.4 is 0 Å². The predicted octanol–water partition coefficient (Wildman–Crippen LogP) is 5.06. The van der Waals surface area contributed by atoms with E-state index in [1.165, 1.54) is 30.0 Å². The van der Waals surface area contributed by atoms with Crippen molar-refractivity contribution >= 4 is 16.7 Å². The zero-order valence-electron chi connectivity index (χ0n) is 19.1. The van der Waals surface area contributed by atoms with E-state index in [1.807, 2.05) is 18.7 Å². The molecule has 1 aromatic heterocycles. The second kappa shape index (κ2) is 9.65. The summed E-state index contributed by atoms with van der Waals surface area (Å²) in [4.78, 5) is 22.6. The smallest absolute Gasteiger partial charge is 0.272 e. The van der Waals surface area contributed by atoms with Gasteiger partial charge in [-0.15, -0.1) is 0 Å². The molecule has 31 heavy (non-hydrogen) atoms. The molecule has 0 bridgehead atoms. The number of rotatable bonds is 4. The van der Waals surface area contributed by atoms with Gasteiger partial charge in [-0.05, 0) is 30.5 Å². The van der Waals surface area contributed by atoms with E-state index in [2.05, 4.69) is 58.9 Å². The summed E-state index contributed by atoms with van der Waals surface area (Å²) in [6.07, 6.45) is 5.77. The molecule has 3 aromatic rings. The van der Waals surface area contributed by atoms with E-state index >= 15 is 0 Å². The lowest BCUT2D eigenvalue weighted by Crippen LogP contribution is -2.53. The molecule has 0 radical (unpaired) electrons. The summed E-state index contributed by atoms with van der Waals surface area (Å²) in [5.74, 6) is 0.986. The van der Waals surface area contributed by atoms with E-state index in [0.717, 1.165) is 50.2 Å². The van der Waals surface area contributed by atoms with Crippen LogP contribution in [-0.2, 0) is 6.54 Å². The zero-order valence-corrected chi connectivity index (χ0v) is 19.1. The molecule has 0 unspecified atom stereocenters. The largest absolute Gasteiger partial charge is 0.335 e. The fourth-order valence-corrected chi connectivity index (χ4v) is 4.71. The Morgan fingerprint density at radius 3 is 2.39 bits per heavy atom. The number of aromatic nitrogens is 2. The summed E-state index contributed by atoms with van der Waals surface area (Å²) in [6, 6.07) is 15.4. The van der Waals surface area contributed by atoms with E-state index < -0.39 is 0 Å². The van der Waals surface area contributed by atoms with E-state index in [9.17, 15) is 4.79 Å². The third-order valence-corrected chi connectivity index (χ3v) is 6.61. The maximum absolute atomic E-state index is 13.3. The molecule has 0 atom stereocenters. The highest BCUT2D eigenvalue weighted by molar-refractivity contribution is 5.97. The minimum absolute atomic E-state index is 0.110. The Labute approximate surface area is 185 Å². The number of hydrogen-bond acceptors (Lipinski definition) is 3. The van der Waals surface area contributed by atoms with Gasteiger partial charge in [0.15, 0.2) is 0 Å². The molecule has 1 aliphatic heterocycles. The number of amides is 1. The van der Waals surface area contributed by atoms with Gasteiger partial charge in [0, 0.05) is 44.3 Å². The summed E-state index contributed by atoms with van der Waals surface area (Å²) < 4.78 is 2.07. The second-order valence-electron chi connectivity index (χ2n) is 8.15. The van der Waals surface area contributed by atoms with Crippen molar-refractivity contribution in [1.82, 2.24) is 19.4 Å². The van der Waals surface area contributed by atoms with Crippen LogP contribution in [0, 0.1) is 0 Å². The average molecular weight is 419 g/mol. The molecule has 1 saturated carbocycles. The third kappa shape index (κ3) is 4.11. The van der Waals surface area contributed by atoms with Crippen LogP contribution in [0.15, 0.2) is 48.7 Å². The molecule has 0 spiro atoms. The Bertz CT molecular complexity index is 1020. The van der Waals surface area contributed by atoms with Gasteiger partial charge < -0.3 is 9.47 Å². The number of benzene rings is 2. The molecule has 2 fully saturated rings. The minimum Gasteiger partial charge on any atom is -0.335 e. The monoisotopic (exact) mass is 418 g/mol. The molecule has 5 heteroatoms. The minimum atomic E-state index is 0.110. The standard InChI is InChI=1S/C24H28N4O.C2H6/c1-2-28-22(24(29)27-15-13-26(14-16-27)19-9-6-10-19)17-25-23(28)21-12-5-8-18-7-3-4-11-20(18)21;1-2/h3-5,7-8,11-12,17,19H,2,6,9-10,13-16H2,1H3;1-2H3. The predicted molar refractivity (Wildman–Crippen MR) is 127 cm³/mol. The number of nitrogens with zero attached hydrogens (tertiary/aromatic N) is 4. The molecule has 164 valence electrons. The van der Waals surface area contributed by atoms with Crippen LogP contribution in [0.25, 0.3) is 22.2 Å². The fourth-order valence-electron chi connectivity index (χ4n) is 4.71. The van der Waals surface area contributed by atoms with Crippen molar-refractivity contribution in [2.24, 2.45) is 0 Å². The first-order valence-corrected chi connectivity index (χ1v) is 11.8. The quantitative estimate of drug-likeness (QED) is 0.595. The summed E-state index contributed by atoms with van der Waals surface area (Å²) in [6.45, 7) is 10.4. The van der Waals surface area contributed by atoms with Crippen LogP contribution >= 0.6 is 0 Å². The molecular weight excluding hydrogens is 384 g/mol. The summed E-state index contributed by atoms with van der Waals surface area (Å²) >= 11 is 0. The van der Waals surface area contributed by atoms with E-state index in [4.69, 9.17) is 4.98 Å². The first-order valence-electron chi connectivity index (χ1n) is 11.8. The first kappa shape index (κ1) is 21.6. The number of carbonyl (C=O) groups excluding carboxylic acids is 1. The van der Waals surface area contributed by atoms with Crippen LogP contribution in [0.4, 0.5) is 0 Å². The molecule has 2 aromatic carbocycles. The Balaban J connectivity index is 0.00000112. The van der Waals surface area contributed by atoms with Gasteiger partial charge in [-0.1, -0.05) is 62.7 Å². The van der Waals surface area contributed by atoms with E-state index in [-0.39, 0.29) is 5.91 Å². The normalized spacial score (nSPS) is 17.2. The summed E-state index contributed by atoms with van der Waals surface area (Å²) in [5.41, 5.74) is 1.78. The van der Waals surface area contributed by atoms with E-state index in [0.29, 0.717) is 5.69 Å². The molecule has 1 saturated heterocycles. The fraction of sp³-hybridized carbons (Fsp3) is 0.462. The highest BCUT2D eigenvalue weighted by Crippen LogP contribution is 2.29. The van der Waals surface area contributed by atoms with Crippen molar-refractivity contribution in [3.8, 4) is 11.4 Å². The highest BCUT2D eigenvalue weighted by atomic mass is 16.2. The van der Waals surface area contributed by atoms with Gasteiger partial charge in [-0.3, -0.25) is 9.69 Å². The van der Waals surface area contributed by atoms with Gasteiger partial charge in [0.2, 0.25) is 0 Å². The van der Waals surface area contributed by atoms with Gasteiger partial charge in [-0.25, -0.2) is 4.98 Å². The van der Waals surface area contributed by atoms with Crippen molar-refractivity contribution in [2.45, 2.75) is 52.6 Å². The van der Waals surface area contributed by atoms with Crippen LogP contribution in [0.3, 0.4) is 0 Å². The number of piperazine rings is 1. The highest BCUT2D eigenvalue weighted by Gasteiger charge is 2.31. The molecule has 1 amide bonds. The molecule has 2 heterocycles. The second-order valence-corrected chi connectivity index (χ2v) is 8.15. The van der Waals surface area contributed by atoms with Crippen molar-refractivity contribution < 1.29 is 4.79 Å². The first-order chi connectivity index (χ1) is 15.3. The van der Waals surface area contributed by atoms with Gasteiger partial charge in [0.05, 0.1) is 6.20 Å². The molecule has 5 nitrogen and oxygen atoms in total. The van der Waals surface area contributed by atoms with Crippen LogP contribution in [-0.4, -0.2) is 57.5 Å². The average Bonchev–Trinajstić information content (AvgIpc) is 3.23. The molecule has 5 rings (SSSR count). The van der Waals surface area contributed by atoms with Gasteiger partial charge in [0.1, 0.15) is 11.5 Å². The van der Waals surface area contributed by atoms with Crippen molar-refractivity contribution in [3.05, 3.63) is 54.4 Å². The third-order valence-electron chi connectivity index (χ3n) is 6.61. The molecule has 1 aliphatic carbocycles. The summed E-state index contributed by atoms with van der Waals surface area (Å²) in [7, 11) is 0.